The van der Waals surface area contributed by atoms with Crippen LogP contribution in [0.3, 0.4) is 0 Å². The Morgan fingerprint density at radius 1 is 1.19 bits per heavy atom. The quantitative estimate of drug-likeness (QED) is 0.580. The minimum atomic E-state index is 0.0190. The number of amides is 2. The van der Waals surface area contributed by atoms with Crippen LogP contribution < -0.4 is 10.2 Å². The van der Waals surface area contributed by atoms with E-state index in [2.05, 4.69) is 10.3 Å². The van der Waals surface area contributed by atoms with Gasteiger partial charge in [0.1, 0.15) is 0 Å². The summed E-state index contributed by atoms with van der Waals surface area (Å²) in [5.74, 6) is 0.370. The monoisotopic (exact) mass is 399 g/mol. The minimum absolute atomic E-state index is 0.0190. The summed E-state index contributed by atoms with van der Waals surface area (Å²) in [6.45, 7) is 1.98. The Balaban J connectivity index is 1.63. The highest BCUT2D eigenvalue weighted by molar-refractivity contribution is 8.01. The molecule has 1 heterocycles. The first-order valence-corrected chi connectivity index (χ1v) is 10.5. The van der Waals surface area contributed by atoms with E-state index < -0.39 is 0 Å². The second kappa shape index (κ2) is 9.01. The number of aromatic nitrogens is 1. The number of rotatable bonds is 7. The number of para-hydroxylation sites is 1. The van der Waals surface area contributed by atoms with Crippen molar-refractivity contribution in [2.75, 3.05) is 23.0 Å². The van der Waals surface area contributed by atoms with E-state index in [1.807, 2.05) is 55.5 Å². The third-order valence-electron chi connectivity index (χ3n) is 3.97. The molecule has 0 saturated carbocycles. The van der Waals surface area contributed by atoms with Crippen molar-refractivity contribution in [3.05, 3.63) is 48.5 Å². The Kier molecular flexibility index (Phi) is 6.47. The zero-order valence-electron chi connectivity index (χ0n) is 15.3. The summed E-state index contributed by atoms with van der Waals surface area (Å²) in [6, 6.07) is 15.3. The molecule has 2 amide bonds. The molecule has 3 rings (SSSR count). The van der Waals surface area contributed by atoms with Crippen LogP contribution in [0.2, 0.25) is 0 Å². The first-order chi connectivity index (χ1) is 13.1. The van der Waals surface area contributed by atoms with E-state index in [9.17, 15) is 9.59 Å². The fourth-order valence-electron chi connectivity index (χ4n) is 2.51. The van der Waals surface area contributed by atoms with Gasteiger partial charge >= 0.3 is 0 Å². The molecule has 27 heavy (non-hydrogen) atoms. The topological polar surface area (TPSA) is 62.3 Å². The van der Waals surface area contributed by atoms with Gasteiger partial charge in [0.2, 0.25) is 11.8 Å². The molecular formula is C20H21N3O2S2. The smallest absolute Gasteiger partial charge is 0.237 e. The SMILES string of the molecule is CCCC(=O)Nc1ccc2nc(SCC(=O)N(C)c3ccccc3)sc2c1. The van der Waals surface area contributed by atoms with Gasteiger partial charge in [0.15, 0.2) is 4.34 Å². The average molecular weight is 400 g/mol. The summed E-state index contributed by atoms with van der Waals surface area (Å²) in [4.78, 5) is 30.4. The first kappa shape index (κ1) is 19.4. The normalized spacial score (nSPS) is 10.7. The highest BCUT2D eigenvalue weighted by atomic mass is 32.2. The van der Waals surface area contributed by atoms with Crippen LogP contribution >= 0.6 is 23.1 Å². The minimum Gasteiger partial charge on any atom is -0.326 e. The van der Waals surface area contributed by atoms with Crippen molar-refractivity contribution < 1.29 is 9.59 Å². The first-order valence-electron chi connectivity index (χ1n) is 8.71. The van der Waals surface area contributed by atoms with E-state index in [1.54, 1.807) is 11.9 Å². The third-order valence-corrected chi connectivity index (χ3v) is 6.11. The van der Waals surface area contributed by atoms with Crippen LogP contribution in [0.15, 0.2) is 52.9 Å². The van der Waals surface area contributed by atoms with Crippen LogP contribution in [0.25, 0.3) is 10.2 Å². The molecular weight excluding hydrogens is 378 g/mol. The van der Waals surface area contributed by atoms with Gasteiger partial charge < -0.3 is 10.2 Å². The van der Waals surface area contributed by atoms with Gasteiger partial charge in [-0.2, -0.15) is 0 Å². The molecule has 0 aliphatic rings. The molecule has 0 bridgehead atoms. The number of hydrogen-bond donors (Lipinski definition) is 1. The third kappa shape index (κ3) is 5.08. The maximum absolute atomic E-state index is 12.4. The number of fused-ring (bicyclic) bond motifs is 1. The molecule has 3 aromatic rings. The van der Waals surface area contributed by atoms with Crippen molar-refractivity contribution in [2.45, 2.75) is 24.1 Å². The standard InChI is InChI=1S/C20H21N3O2S2/c1-3-7-18(24)21-14-10-11-16-17(12-14)27-20(22-16)26-13-19(25)23(2)15-8-5-4-6-9-15/h4-6,8-12H,3,7,13H2,1-2H3,(H,21,24). The van der Waals surface area contributed by atoms with Gasteiger partial charge in [-0.15, -0.1) is 11.3 Å². The molecule has 0 aliphatic heterocycles. The summed E-state index contributed by atoms with van der Waals surface area (Å²) in [7, 11) is 1.78. The van der Waals surface area contributed by atoms with E-state index in [0.717, 1.165) is 32.4 Å². The number of nitrogens with zero attached hydrogens (tertiary/aromatic N) is 2. The molecule has 0 unspecified atom stereocenters. The fourth-order valence-corrected chi connectivity index (χ4v) is 4.53. The Morgan fingerprint density at radius 3 is 2.70 bits per heavy atom. The van der Waals surface area contributed by atoms with Gasteiger partial charge in [-0.05, 0) is 36.8 Å². The molecule has 5 nitrogen and oxygen atoms in total. The number of thioether (sulfide) groups is 1. The molecule has 0 spiro atoms. The van der Waals surface area contributed by atoms with Crippen LogP contribution in [0.5, 0.6) is 0 Å². The summed E-state index contributed by atoms with van der Waals surface area (Å²) >= 11 is 2.97. The molecule has 2 aromatic carbocycles. The maximum atomic E-state index is 12.4. The Labute approximate surface area is 166 Å². The van der Waals surface area contributed by atoms with Crippen molar-refractivity contribution >= 4 is 56.5 Å². The zero-order valence-corrected chi connectivity index (χ0v) is 16.9. The number of thiazole rings is 1. The van der Waals surface area contributed by atoms with E-state index in [-0.39, 0.29) is 11.8 Å². The zero-order chi connectivity index (χ0) is 19.2. The molecule has 0 radical (unpaired) electrons. The predicted octanol–water partition coefficient (Wildman–Crippen LogP) is 4.79. The number of nitrogens with one attached hydrogen (secondary N) is 1. The van der Waals surface area contributed by atoms with Gasteiger partial charge in [-0.3, -0.25) is 9.59 Å². The Hall–Kier alpha value is -2.38. The molecule has 1 N–H and O–H groups in total. The molecule has 0 atom stereocenters. The molecule has 0 saturated heterocycles. The number of carbonyl (C=O) groups excluding carboxylic acids is 2. The number of anilines is 2. The van der Waals surface area contributed by atoms with Gasteiger partial charge in [0.05, 0.1) is 16.0 Å². The van der Waals surface area contributed by atoms with Crippen molar-refractivity contribution in [1.82, 2.24) is 4.98 Å². The Bertz CT molecular complexity index is 941. The predicted molar refractivity (Wildman–Crippen MR) is 114 cm³/mol. The van der Waals surface area contributed by atoms with Gasteiger partial charge in [-0.1, -0.05) is 36.9 Å². The summed E-state index contributed by atoms with van der Waals surface area (Å²) in [5.41, 5.74) is 2.53. The summed E-state index contributed by atoms with van der Waals surface area (Å²) in [6.07, 6.45) is 1.33. The van der Waals surface area contributed by atoms with E-state index in [4.69, 9.17) is 0 Å². The second-order valence-electron chi connectivity index (χ2n) is 6.04. The largest absolute Gasteiger partial charge is 0.326 e. The molecule has 0 fully saturated rings. The molecule has 0 aliphatic carbocycles. The molecule has 140 valence electrons. The second-order valence-corrected chi connectivity index (χ2v) is 8.29. The highest BCUT2D eigenvalue weighted by Gasteiger charge is 2.13. The lowest BCUT2D eigenvalue weighted by Crippen LogP contribution is -2.27. The van der Waals surface area contributed by atoms with Crippen LogP contribution in [0, 0.1) is 0 Å². The van der Waals surface area contributed by atoms with Crippen LogP contribution in [0.1, 0.15) is 19.8 Å². The molecule has 1 aromatic heterocycles. The maximum Gasteiger partial charge on any atom is 0.237 e. The number of carbonyl (C=O) groups is 2. The van der Waals surface area contributed by atoms with E-state index in [1.165, 1.54) is 23.1 Å². The van der Waals surface area contributed by atoms with Crippen molar-refractivity contribution in [2.24, 2.45) is 0 Å². The lowest BCUT2D eigenvalue weighted by Gasteiger charge is -2.16. The summed E-state index contributed by atoms with van der Waals surface area (Å²) < 4.78 is 1.84. The van der Waals surface area contributed by atoms with Crippen LogP contribution in [-0.4, -0.2) is 29.6 Å². The van der Waals surface area contributed by atoms with Crippen LogP contribution in [0.4, 0.5) is 11.4 Å². The van der Waals surface area contributed by atoms with Crippen molar-refractivity contribution in [3.63, 3.8) is 0 Å². The van der Waals surface area contributed by atoms with Gasteiger partial charge in [-0.25, -0.2) is 4.98 Å². The number of benzene rings is 2. The van der Waals surface area contributed by atoms with Crippen molar-refractivity contribution in [3.8, 4) is 0 Å². The van der Waals surface area contributed by atoms with E-state index >= 15 is 0 Å². The Morgan fingerprint density at radius 2 is 1.96 bits per heavy atom. The molecule has 7 heteroatoms. The van der Waals surface area contributed by atoms with E-state index in [0.29, 0.717) is 12.2 Å². The van der Waals surface area contributed by atoms with Gasteiger partial charge in [0, 0.05) is 24.8 Å². The van der Waals surface area contributed by atoms with Crippen molar-refractivity contribution in [1.29, 1.82) is 0 Å². The van der Waals surface area contributed by atoms with Crippen LogP contribution in [-0.2, 0) is 9.59 Å². The fraction of sp³-hybridized carbons (Fsp3) is 0.250. The average Bonchev–Trinajstić information content (AvgIpc) is 3.08. The summed E-state index contributed by atoms with van der Waals surface area (Å²) in [5, 5.41) is 2.90. The lowest BCUT2D eigenvalue weighted by atomic mass is 10.2. The highest BCUT2D eigenvalue weighted by Crippen LogP contribution is 2.31. The number of hydrogen-bond acceptors (Lipinski definition) is 5. The van der Waals surface area contributed by atoms with Gasteiger partial charge in [0.25, 0.3) is 0 Å². The lowest BCUT2D eigenvalue weighted by molar-refractivity contribution is -0.116.